The monoisotopic (exact) mass is 308 g/mol. The molecule has 1 N–H and O–H groups in total. The van der Waals surface area contributed by atoms with Gasteiger partial charge in [-0.25, -0.2) is 0 Å². The van der Waals surface area contributed by atoms with Gasteiger partial charge in [-0.05, 0) is 37.1 Å². The Labute approximate surface area is 132 Å². The van der Waals surface area contributed by atoms with Crippen LogP contribution in [0, 0.1) is 0 Å². The lowest BCUT2D eigenvalue weighted by Crippen LogP contribution is -2.29. The van der Waals surface area contributed by atoms with Crippen molar-refractivity contribution in [2.45, 2.75) is 25.9 Å². The fraction of sp³-hybridized carbons (Fsp3) is 0.222. The average Bonchev–Trinajstić information content (AvgIpc) is 3.17. The van der Waals surface area contributed by atoms with Gasteiger partial charge in [0.15, 0.2) is 0 Å². The molecule has 1 aliphatic rings. The molecule has 0 radical (unpaired) electrons. The smallest absolute Gasteiger partial charge is 0.257 e. The van der Waals surface area contributed by atoms with Crippen molar-refractivity contribution < 1.29 is 9.21 Å². The maximum atomic E-state index is 12.7. The van der Waals surface area contributed by atoms with E-state index < -0.39 is 0 Å². The van der Waals surface area contributed by atoms with E-state index in [2.05, 4.69) is 12.2 Å². The fourth-order valence-corrected chi connectivity index (χ4v) is 3.25. The maximum Gasteiger partial charge on any atom is 0.257 e. The van der Waals surface area contributed by atoms with E-state index >= 15 is 0 Å². The van der Waals surface area contributed by atoms with Crippen LogP contribution in [0.3, 0.4) is 0 Å². The highest BCUT2D eigenvalue weighted by molar-refractivity contribution is 5.98. The molecular weight excluding hydrogens is 292 g/mol. The molecule has 0 saturated carbocycles. The summed E-state index contributed by atoms with van der Waals surface area (Å²) in [6.45, 7) is 2.35. The Balaban J connectivity index is 1.75. The molecule has 23 heavy (non-hydrogen) atoms. The number of carbonyl (C=O) groups is 1. The third-order valence-corrected chi connectivity index (χ3v) is 4.37. The summed E-state index contributed by atoms with van der Waals surface area (Å²) in [5, 5.41) is 3.35. The largest absolute Gasteiger partial charge is 0.467 e. The highest BCUT2D eigenvalue weighted by atomic mass is 16.3. The van der Waals surface area contributed by atoms with Crippen LogP contribution < -0.4 is 10.7 Å². The molecule has 2 aromatic heterocycles. The number of nitrogens with zero attached hydrogens (tertiary/aromatic N) is 1. The lowest BCUT2D eigenvalue weighted by atomic mass is 10.1. The zero-order chi connectivity index (χ0) is 16.0. The summed E-state index contributed by atoms with van der Waals surface area (Å²) < 4.78 is 7.23. The van der Waals surface area contributed by atoms with Crippen LogP contribution in [0.25, 0.3) is 10.9 Å². The summed E-state index contributed by atoms with van der Waals surface area (Å²) in [7, 11) is 0. The van der Waals surface area contributed by atoms with Crippen molar-refractivity contribution in [2.24, 2.45) is 0 Å². The van der Waals surface area contributed by atoms with Crippen LogP contribution in [0.2, 0.25) is 0 Å². The van der Waals surface area contributed by atoms with E-state index in [1.54, 1.807) is 30.7 Å². The first-order valence-electron chi connectivity index (χ1n) is 7.62. The third kappa shape index (κ3) is 2.16. The van der Waals surface area contributed by atoms with Gasteiger partial charge in [0.1, 0.15) is 11.3 Å². The molecule has 1 aliphatic heterocycles. The van der Waals surface area contributed by atoms with Crippen LogP contribution in [-0.4, -0.2) is 10.5 Å². The van der Waals surface area contributed by atoms with E-state index in [1.165, 1.54) is 0 Å². The van der Waals surface area contributed by atoms with E-state index in [1.807, 2.05) is 16.7 Å². The van der Waals surface area contributed by atoms with E-state index in [9.17, 15) is 9.59 Å². The Morgan fingerprint density at radius 1 is 1.35 bits per heavy atom. The predicted molar refractivity (Wildman–Crippen MR) is 86.5 cm³/mol. The number of furan rings is 1. The average molecular weight is 308 g/mol. The van der Waals surface area contributed by atoms with Crippen molar-refractivity contribution in [3.05, 3.63) is 69.9 Å². The molecule has 0 unspecified atom stereocenters. The fourth-order valence-electron chi connectivity index (χ4n) is 3.25. The second kappa shape index (κ2) is 5.12. The standard InChI is InChI=1S/C18H16N2O3/c1-11-8-12-4-2-6-14-16(12)20(11)10-15(17(14)21)18(22)19-9-13-5-3-7-23-13/h2-7,10-11H,8-9H2,1H3,(H,19,22)/t11-/m1/s1. The second-order valence-electron chi connectivity index (χ2n) is 5.91. The number of para-hydroxylation sites is 1. The lowest BCUT2D eigenvalue weighted by Gasteiger charge is -2.12. The van der Waals surface area contributed by atoms with Crippen LogP contribution in [0.15, 0.2) is 52.0 Å². The molecule has 3 heterocycles. The number of rotatable bonds is 3. The number of pyridine rings is 1. The number of aromatic nitrogens is 1. The maximum absolute atomic E-state index is 12.7. The normalized spacial score (nSPS) is 16.0. The number of benzene rings is 1. The molecule has 1 amide bonds. The molecule has 1 atom stereocenters. The van der Waals surface area contributed by atoms with Gasteiger partial charge in [0, 0.05) is 17.6 Å². The van der Waals surface area contributed by atoms with Gasteiger partial charge < -0.3 is 14.3 Å². The van der Waals surface area contributed by atoms with E-state index in [4.69, 9.17) is 4.42 Å². The molecule has 3 aromatic rings. The van der Waals surface area contributed by atoms with Gasteiger partial charge in [-0.1, -0.05) is 12.1 Å². The van der Waals surface area contributed by atoms with E-state index in [-0.39, 0.29) is 29.5 Å². The van der Waals surface area contributed by atoms with Gasteiger partial charge in [0.25, 0.3) is 5.91 Å². The Morgan fingerprint density at radius 3 is 3.00 bits per heavy atom. The SMILES string of the molecule is C[C@@H]1Cc2cccc3c(=O)c(C(=O)NCc4ccco4)cn1c23. The van der Waals surface area contributed by atoms with E-state index in [0.717, 1.165) is 17.5 Å². The summed E-state index contributed by atoms with van der Waals surface area (Å²) in [6.07, 6.45) is 4.12. The van der Waals surface area contributed by atoms with Gasteiger partial charge >= 0.3 is 0 Å². The Kier molecular flexibility index (Phi) is 3.08. The minimum absolute atomic E-state index is 0.176. The summed E-state index contributed by atoms with van der Waals surface area (Å²) in [4.78, 5) is 25.1. The Morgan fingerprint density at radius 2 is 2.22 bits per heavy atom. The van der Waals surface area contributed by atoms with Crippen LogP contribution in [-0.2, 0) is 13.0 Å². The van der Waals surface area contributed by atoms with Gasteiger partial charge in [-0.3, -0.25) is 9.59 Å². The van der Waals surface area contributed by atoms with Crippen LogP contribution in [0.5, 0.6) is 0 Å². The first-order valence-corrected chi connectivity index (χ1v) is 7.62. The first kappa shape index (κ1) is 13.8. The molecule has 0 saturated heterocycles. The summed E-state index contributed by atoms with van der Waals surface area (Å²) in [6, 6.07) is 9.49. The zero-order valence-corrected chi connectivity index (χ0v) is 12.7. The molecule has 0 aliphatic carbocycles. The minimum atomic E-state index is -0.374. The molecule has 5 heteroatoms. The molecule has 5 nitrogen and oxygen atoms in total. The quantitative estimate of drug-likeness (QED) is 0.809. The van der Waals surface area contributed by atoms with Crippen LogP contribution in [0.1, 0.15) is 34.6 Å². The molecule has 0 fully saturated rings. The number of hydrogen-bond donors (Lipinski definition) is 1. The summed E-state index contributed by atoms with van der Waals surface area (Å²) in [5.74, 6) is 0.279. The van der Waals surface area contributed by atoms with Gasteiger partial charge in [-0.15, -0.1) is 0 Å². The number of carbonyl (C=O) groups excluding carboxylic acids is 1. The van der Waals surface area contributed by atoms with Gasteiger partial charge in [-0.2, -0.15) is 0 Å². The highest BCUT2D eigenvalue weighted by Gasteiger charge is 2.24. The third-order valence-electron chi connectivity index (χ3n) is 4.37. The minimum Gasteiger partial charge on any atom is -0.467 e. The summed E-state index contributed by atoms with van der Waals surface area (Å²) >= 11 is 0. The topological polar surface area (TPSA) is 64.2 Å². The molecule has 116 valence electrons. The second-order valence-corrected chi connectivity index (χ2v) is 5.91. The first-order chi connectivity index (χ1) is 11.1. The molecule has 1 aromatic carbocycles. The molecular formula is C18H16N2O3. The molecule has 0 spiro atoms. The zero-order valence-electron chi connectivity index (χ0n) is 12.7. The Hall–Kier alpha value is -2.82. The summed E-state index contributed by atoms with van der Waals surface area (Å²) in [5.41, 5.74) is 2.07. The van der Waals surface area contributed by atoms with E-state index in [0.29, 0.717) is 11.1 Å². The predicted octanol–water partition coefficient (Wildman–Crippen LogP) is 2.64. The van der Waals surface area contributed by atoms with Crippen molar-refractivity contribution in [2.75, 3.05) is 0 Å². The number of nitrogens with one attached hydrogen (secondary N) is 1. The number of hydrogen-bond acceptors (Lipinski definition) is 3. The lowest BCUT2D eigenvalue weighted by molar-refractivity contribution is 0.0946. The van der Waals surface area contributed by atoms with Crippen LogP contribution in [0.4, 0.5) is 0 Å². The van der Waals surface area contributed by atoms with Gasteiger partial charge in [0.05, 0.1) is 18.3 Å². The highest BCUT2D eigenvalue weighted by Crippen LogP contribution is 2.30. The molecule has 0 bridgehead atoms. The van der Waals surface area contributed by atoms with Crippen LogP contribution >= 0.6 is 0 Å². The van der Waals surface area contributed by atoms with Gasteiger partial charge in [0.2, 0.25) is 5.43 Å². The number of amides is 1. The van der Waals surface area contributed by atoms with Crippen molar-refractivity contribution in [1.82, 2.24) is 9.88 Å². The molecule has 4 rings (SSSR count). The van der Waals surface area contributed by atoms with Crippen molar-refractivity contribution in [3.8, 4) is 0 Å². The van der Waals surface area contributed by atoms with Crippen molar-refractivity contribution >= 4 is 16.8 Å². The van der Waals surface area contributed by atoms with Crippen molar-refractivity contribution in [1.29, 1.82) is 0 Å². The van der Waals surface area contributed by atoms with Crippen molar-refractivity contribution in [3.63, 3.8) is 0 Å². The Bertz CT molecular complexity index is 954.